The van der Waals surface area contributed by atoms with Crippen molar-refractivity contribution in [2.24, 2.45) is 0 Å². The summed E-state index contributed by atoms with van der Waals surface area (Å²) in [5, 5.41) is 8.14. The van der Waals surface area contributed by atoms with Crippen LogP contribution in [0.4, 0.5) is 4.79 Å². The fourth-order valence-electron chi connectivity index (χ4n) is 2.62. The van der Waals surface area contributed by atoms with Gasteiger partial charge in [-0.1, -0.05) is 45.4 Å². The first kappa shape index (κ1) is 19.2. The summed E-state index contributed by atoms with van der Waals surface area (Å²) in [7, 11) is 0. The van der Waals surface area contributed by atoms with E-state index in [2.05, 4.69) is 10.4 Å². The van der Waals surface area contributed by atoms with Gasteiger partial charge in [0.05, 0.1) is 5.69 Å². The summed E-state index contributed by atoms with van der Waals surface area (Å²) in [5.41, 5.74) is 0.866. The van der Waals surface area contributed by atoms with Gasteiger partial charge in [-0.2, -0.15) is 4.68 Å². The quantitative estimate of drug-likeness (QED) is 0.736. The number of halogens is 1. The molecule has 7 nitrogen and oxygen atoms in total. The number of tetrazole rings is 1. The lowest BCUT2D eigenvalue weighted by molar-refractivity contribution is 0.194. The van der Waals surface area contributed by atoms with Crippen LogP contribution in [0, 0.1) is 0 Å². The van der Waals surface area contributed by atoms with Gasteiger partial charge in [-0.15, -0.1) is 4.68 Å². The maximum Gasteiger partial charge on any atom is 0.377 e. The van der Waals surface area contributed by atoms with E-state index < -0.39 is 11.7 Å². The molecular weight excluding hydrogens is 342 g/mol. The molecule has 25 heavy (non-hydrogen) atoms. The lowest BCUT2D eigenvalue weighted by Gasteiger charge is -2.19. The Morgan fingerprint density at radius 3 is 2.36 bits per heavy atom. The first-order chi connectivity index (χ1) is 11.9. The van der Waals surface area contributed by atoms with Crippen LogP contribution in [0.15, 0.2) is 23.0 Å². The summed E-state index contributed by atoms with van der Waals surface area (Å²) in [6, 6.07) is 4.82. The lowest BCUT2D eigenvalue weighted by atomic mass is 10.0. The van der Waals surface area contributed by atoms with Gasteiger partial charge < -0.3 is 4.90 Å². The van der Waals surface area contributed by atoms with Crippen molar-refractivity contribution in [3.63, 3.8) is 0 Å². The van der Waals surface area contributed by atoms with Gasteiger partial charge in [-0.05, 0) is 46.9 Å². The number of nitrogens with zero attached hydrogens (tertiary/aromatic N) is 5. The van der Waals surface area contributed by atoms with Gasteiger partial charge in [0.1, 0.15) is 0 Å². The van der Waals surface area contributed by atoms with Gasteiger partial charge in [0.2, 0.25) is 0 Å². The van der Waals surface area contributed by atoms with E-state index in [1.807, 2.05) is 33.8 Å². The number of rotatable bonds is 6. The van der Waals surface area contributed by atoms with Crippen LogP contribution < -0.4 is 5.69 Å². The molecule has 0 N–H and O–H groups in total. The molecule has 0 spiro atoms. The zero-order chi connectivity index (χ0) is 18.6. The van der Waals surface area contributed by atoms with Crippen LogP contribution in [0.5, 0.6) is 0 Å². The Morgan fingerprint density at radius 2 is 1.84 bits per heavy atom. The largest absolute Gasteiger partial charge is 0.377 e. The van der Waals surface area contributed by atoms with Crippen molar-refractivity contribution in [1.29, 1.82) is 0 Å². The number of carbonyl (C=O) groups is 1. The molecule has 2 rings (SSSR count). The standard InChI is InChI=1S/C17H24ClN5O2/c1-5-9-21(10-6-2)16(24)23-17(25)22(19-20-23)13-7-8-14(12(3)4)15(18)11-13/h7-8,11-12H,5-6,9-10H2,1-4H3. The molecule has 0 aliphatic rings. The van der Waals surface area contributed by atoms with Gasteiger partial charge in [-0.25, -0.2) is 9.59 Å². The molecule has 0 unspecified atom stereocenters. The van der Waals surface area contributed by atoms with E-state index in [0.29, 0.717) is 23.8 Å². The Labute approximate surface area is 152 Å². The Bertz CT molecular complexity index is 791. The molecule has 0 aliphatic carbocycles. The van der Waals surface area contributed by atoms with Gasteiger partial charge in [0.25, 0.3) is 0 Å². The highest BCUT2D eigenvalue weighted by molar-refractivity contribution is 6.31. The van der Waals surface area contributed by atoms with E-state index in [-0.39, 0.29) is 5.92 Å². The van der Waals surface area contributed by atoms with Crippen molar-refractivity contribution in [2.45, 2.75) is 46.5 Å². The van der Waals surface area contributed by atoms with Crippen LogP contribution >= 0.6 is 11.6 Å². The molecule has 0 radical (unpaired) electrons. The molecule has 8 heteroatoms. The molecule has 0 atom stereocenters. The second kappa shape index (κ2) is 8.29. The van der Waals surface area contributed by atoms with E-state index in [0.717, 1.165) is 27.8 Å². The van der Waals surface area contributed by atoms with Crippen LogP contribution in [0.25, 0.3) is 5.69 Å². The minimum atomic E-state index is -0.601. The number of hydrogen-bond donors (Lipinski definition) is 0. The van der Waals surface area contributed by atoms with E-state index >= 15 is 0 Å². The Balaban J connectivity index is 2.36. The highest BCUT2D eigenvalue weighted by atomic mass is 35.5. The highest BCUT2D eigenvalue weighted by Gasteiger charge is 2.21. The monoisotopic (exact) mass is 365 g/mol. The summed E-state index contributed by atoms with van der Waals surface area (Å²) in [6.07, 6.45) is 1.61. The van der Waals surface area contributed by atoms with Crippen LogP contribution in [0.1, 0.15) is 52.0 Å². The number of carbonyl (C=O) groups excluding carboxylic acids is 1. The Hall–Kier alpha value is -2.15. The van der Waals surface area contributed by atoms with Crippen molar-refractivity contribution in [2.75, 3.05) is 13.1 Å². The van der Waals surface area contributed by atoms with E-state index in [9.17, 15) is 9.59 Å². The zero-order valence-corrected chi connectivity index (χ0v) is 15.8. The highest BCUT2D eigenvalue weighted by Crippen LogP contribution is 2.25. The van der Waals surface area contributed by atoms with E-state index in [1.165, 1.54) is 0 Å². The van der Waals surface area contributed by atoms with Crippen molar-refractivity contribution in [1.82, 2.24) is 24.7 Å². The molecule has 1 heterocycles. The van der Waals surface area contributed by atoms with Gasteiger partial charge in [0, 0.05) is 18.1 Å². The third kappa shape index (κ3) is 4.10. The fourth-order valence-corrected chi connectivity index (χ4v) is 3.01. The molecule has 0 bridgehead atoms. The number of hydrogen-bond acceptors (Lipinski definition) is 4. The third-order valence-electron chi connectivity index (χ3n) is 3.87. The Morgan fingerprint density at radius 1 is 1.20 bits per heavy atom. The summed E-state index contributed by atoms with van der Waals surface area (Å²) >= 11 is 6.28. The number of benzene rings is 1. The number of amides is 1. The maximum absolute atomic E-state index is 12.6. The van der Waals surface area contributed by atoms with Crippen molar-refractivity contribution in [3.8, 4) is 5.69 Å². The van der Waals surface area contributed by atoms with Crippen LogP contribution in [0.2, 0.25) is 5.02 Å². The molecule has 2 aromatic rings. The van der Waals surface area contributed by atoms with Crippen molar-refractivity contribution in [3.05, 3.63) is 39.3 Å². The molecule has 1 amide bonds. The maximum atomic E-state index is 12.6. The minimum absolute atomic E-state index is 0.271. The van der Waals surface area contributed by atoms with E-state index in [1.54, 1.807) is 17.0 Å². The van der Waals surface area contributed by atoms with Crippen molar-refractivity contribution >= 4 is 17.6 Å². The smallest absolute Gasteiger partial charge is 0.323 e. The molecular formula is C17H24ClN5O2. The normalized spacial score (nSPS) is 11.1. The van der Waals surface area contributed by atoms with Crippen LogP contribution in [-0.2, 0) is 0 Å². The predicted octanol–water partition coefficient (Wildman–Crippen LogP) is 3.30. The molecule has 1 aromatic heterocycles. The molecule has 0 aliphatic heterocycles. The van der Waals surface area contributed by atoms with Gasteiger partial charge in [0.15, 0.2) is 0 Å². The molecule has 1 aromatic carbocycles. The van der Waals surface area contributed by atoms with Gasteiger partial charge >= 0.3 is 11.7 Å². The van der Waals surface area contributed by atoms with Crippen molar-refractivity contribution < 1.29 is 4.79 Å². The Kier molecular flexibility index (Phi) is 6.36. The SMILES string of the molecule is CCCN(CCC)C(=O)n1nnn(-c2ccc(C(C)C)c(Cl)c2)c1=O. The minimum Gasteiger partial charge on any atom is -0.323 e. The second-order valence-electron chi connectivity index (χ2n) is 6.22. The summed E-state index contributed by atoms with van der Waals surface area (Å²) in [4.78, 5) is 26.7. The average molecular weight is 366 g/mol. The summed E-state index contributed by atoms with van der Waals surface area (Å²) in [5.74, 6) is 0.271. The number of aromatic nitrogens is 4. The van der Waals surface area contributed by atoms with Crippen LogP contribution in [-0.4, -0.2) is 43.8 Å². The molecule has 0 saturated carbocycles. The van der Waals surface area contributed by atoms with Gasteiger partial charge in [-0.3, -0.25) is 0 Å². The second-order valence-corrected chi connectivity index (χ2v) is 6.62. The first-order valence-corrected chi connectivity index (χ1v) is 8.92. The molecule has 0 fully saturated rings. The molecule has 0 saturated heterocycles. The first-order valence-electron chi connectivity index (χ1n) is 8.54. The lowest BCUT2D eigenvalue weighted by Crippen LogP contribution is -2.41. The fraction of sp³-hybridized carbons (Fsp3) is 0.529. The predicted molar refractivity (Wildman–Crippen MR) is 97.7 cm³/mol. The summed E-state index contributed by atoms with van der Waals surface area (Å²) < 4.78 is 1.89. The third-order valence-corrected chi connectivity index (χ3v) is 4.20. The summed E-state index contributed by atoms with van der Waals surface area (Å²) in [6.45, 7) is 9.18. The zero-order valence-electron chi connectivity index (χ0n) is 15.1. The molecule has 136 valence electrons. The topological polar surface area (TPSA) is 73.0 Å². The van der Waals surface area contributed by atoms with E-state index in [4.69, 9.17) is 11.6 Å². The van der Waals surface area contributed by atoms with Crippen LogP contribution in [0.3, 0.4) is 0 Å². The average Bonchev–Trinajstić information content (AvgIpc) is 2.95.